The summed E-state index contributed by atoms with van der Waals surface area (Å²) < 4.78 is 10.6. The van der Waals surface area contributed by atoms with E-state index >= 15 is 0 Å². The zero-order valence-corrected chi connectivity index (χ0v) is 15.2. The van der Waals surface area contributed by atoms with Gasteiger partial charge in [-0.3, -0.25) is 4.79 Å². The van der Waals surface area contributed by atoms with Crippen LogP contribution in [0.15, 0.2) is 78.9 Å². The molecule has 142 valence electrons. The first kappa shape index (κ1) is 19.0. The van der Waals surface area contributed by atoms with Crippen LogP contribution in [0.2, 0.25) is 0 Å². The van der Waals surface area contributed by atoms with Crippen LogP contribution in [0.4, 0.5) is 5.69 Å². The van der Waals surface area contributed by atoms with Crippen LogP contribution >= 0.6 is 0 Å². The van der Waals surface area contributed by atoms with Crippen molar-refractivity contribution in [3.05, 3.63) is 90.0 Å². The molecule has 0 aliphatic rings. The van der Waals surface area contributed by atoms with Crippen molar-refractivity contribution in [2.24, 2.45) is 0 Å². The monoisotopic (exact) mass is 377 g/mol. The lowest BCUT2D eigenvalue weighted by Gasteiger charge is -2.18. The van der Waals surface area contributed by atoms with E-state index in [1.54, 1.807) is 54.6 Å². The predicted octanol–water partition coefficient (Wildman–Crippen LogP) is 3.94. The summed E-state index contributed by atoms with van der Waals surface area (Å²) >= 11 is 0. The van der Waals surface area contributed by atoms with Gasteiger partial charge in [-0.15, -0.1) is 0 Å². The number of ether oxygens (including phenoxy) is 2. The lowest BCUT2D eigenvalue weighted by Crippen LogP contribution is -2.26. The lowest BCUT2D eigenvalue weighted by molar-refractivity contribution is -0.125. The van der Waals surface area contributed by atoms with E-state index in [2.05, 4.69) is 5.32 Å². The summed E-state index contributed by atoms with van der Waals surface area (Å²) in [6.45, 7) is 0. The highest BCUT2D eigenvalue weighted by Gasteiger charge is 2.26. The van der Waals surface area contributed by atoms with E-state index in [1.807, 2.05) is 0 Å². The van der Waals surface area contributed by atoms with Crippen LogP contribution in [0.3, 0.4) is 0 Å². The average Bonchev–Trinajstić information content (AvgIpc) is 2.72. The third kappa shape index (κ3) is 4.67. The molecule has 0 fully saturated rings. The fraction of sp³-hybridized carbons (Fsp3) is 0.0909. The number of nitrogens with one attached hydrogen (secondary N) is 1. The fourth-order valence-corrected chi connectivity index (χ4v) is 2.62. The van der Waals surface area contributed by atoms with Gasteiger partial charge in [-0.2, -0.15) is 0 Å². The Morgan fingerprint density at radius 2 is 1.68 bits per heavy atom. The number of carbonyl (C=O) groups is 2. The number of anilines is 1. The third-order valence-electron chi connectivity index (χ3n) is 3.98. The van der Waals surface area contributed by atoms with Gasteiger partial charge in [0.2, 0.25) is 6.10 Å². The first-order chi connectivity index (χ1) is 13.6. The van der Waals surface area contributed by atoms with Gasteiger partial charge in [-0.25, -0.2) is 4.79 Å². The van der Waals surface area contributed by atoms with Gasteiger partial charge in [0.05, 0.1) is 12.7 Å². The molecule has 0 bridgehead atoms. The molecular weight excluding hydrogens is 358 g/mol. The number of carbonyl (C=O) groups excluding carboxylic acids is 2. The van der Waals surface area contributed by atoms with E-state index < -0.39 is 18.0 Å². The molecule has 0 heterocycles. The molecule has 0 saturated heterocycles. The normalized spacial score (nSPS) is 11.3. The molecule has 3 aromatic rings. The second-order valence-corrected chi connectivity index (χ2v) is 5.97. The molecule has 0 aliphatic heterocycles. The number of amides is 1. The minimum atomic E-state index is -1.16. The maximum absolute atomic E-state index is 12.9. The highest BCUT2D eigenvalue weighted by Crippen LogP contribution is 2.24. The molecule has 0 saturated carbocycles. The van der Waals surface area contributed by atoms with E-state index in [9.17, 15) is 14.7 Å². The molecule has 0 aliphatic carbocycles. The minimum absolute atomic E-state index is 0.0634. The smallest absolute Gasteiger partial charge is 0.339 e. The molecule has 3 rings (SSSR count). The van der Waals surface area contributed by atoms with Crippen molar-refractivity contribution in [3.8, 4) is 11.5 Å². The van der Waals surface area contributed by atoms with Crippen molar-refractivity contribution < 1.29 is 24.2 Å². The first-order valence-electron chi connectivity index (χ1n) is 8.56. The molecular formula is C22H19NO5. The van der Waals surface area contributed by atoms with Gasteiger partial charge >= 0.3 is 5.97 Å². The fourth-order valence-electron chi connectivity index (χ4n) is 2.62. The average molecular weight is 377 g/mol. The number of hydrogen-bond acceptors (Lipinski definition) is 5. The van der Waals surface area contributed by atoms with Gasteiger partial charge in [0.25, 0.3) is 5.91 Å². The first-order valence-corrected chi connectivity index (χ1v) is 8.56. The largest absolute Gasteiger partial charge is 0.508 e. The molecule has 3 aromatic carbocycles. The van der Waals surface area contributed by atoms with E-state index in [0.29, 0.717) is 17.0 Å². The second kappa shape index (κ2) is 8.73. The van der Waals surface area contributed by atoms with Crippen LogP contribution in [-0.4, -0.2) is 24.1 Å². The topological polar surface area (TPSA) is 84.9 Å². The minimum Gasteiger partial charge on any atom is -0.508 e. The van der Waals surface area contributed by atoms with Gasteiger partial charge in [-0.1, -0.05) is 42.5 Å². The van der Waals surface area contributed by atoms with Crippen molar-refractivity contribution in [3.63, 3.8) is 0 Å². The highest BCUT2D eigenvalue weighted by atomic mass is 16.5. The molecule has 6 nitrogen and oxygen atoms in total. The van der Waals surface area contributed by atoms with Gasteiger partial charge in [0.1, 0.15) is 11.5 Å². The zero-order valence-electron chi connectivity index (χ0n) is 15.2. The summed E-state index contributed by atoms with van der Waals surface area (Å²) in [4.78, 5) is 25.4. The highest BCUT2D eigenvalue weighted by molar-refractivity contribution is 5.98. The molecule has 1 amide bonds. The number of hydrogen-bond donors (Lipinski definition) is 2. The summed E-state index contributed by atoms with van der Waals surface area (Å²) in [7, 11) is 1.53. The molecule has 28 heavy (non-hydrogen) atoms. The van der Waals surface area contributed by atoms with Gasteiger partial charge in [-0.05, 0) is 30.3 Å². The van der Waals surface area contributed by atoms with Crippen LogP contribution < -0.4 is 10.1 Å². The molecule has 2 N–H and O–H groups in total. The van der Waals surface area contributed by atoms with Crippen molar-refractivity contribution in [1.82, 2.24) is 0 Å². The molecule has 1 atom stereocenters. The Hall–Kier alpha value is -3.80. The second-order valence-electron chi connectivity index (χ2n) is 5.97. The van der Waals surface area contributed by atoms with Crippen molar-refractivity contribution in [1.29, 1.82) is 0 Å². The molecule has 0 spiro atoms. The van der Waals surface area contributed by atoms with Crippen LogP contribution in [0.25, 0.3) is 0 Å². The van der Waals surface area contributed by atoms with E-state index in [-0.39, 0.29) is 11.3 Å². The number of phenols is 1. The molecule has 6 heteroatoms. The number of aromatic hydroxyl groups is 1. The number of phenolic OH excluding ortho intramolecular Hbond substituents is 1. The van der Waals surface area contributed by atoms with Crippen LogP contribution in [0.5, 0.6) is 11.5 Å². The number of benzene rings is 3. The van der Waals surface area contributed by atoms with E-state index in [1.165, 1.54) is 31.4 Å². The summed E-state index contributed by atoms with van der Waals surface area (Å²) in [5, 5.41) is 12.3. The SMILES string of the molecule is COc1cccc(NC(=O)[C@H](OC(=O)c2cccc(O)c2)c2ccccc2)c1. The maximum Gasteiger partial charge on any atom is 0.339 e. The summed E-state index contributed by atoms with van der Waals surface area (Å²) in [5.41, 5.74) is 1.19. The van der Waals surface area contributed by atoms with Crippen molar-refractivity contribution in [2.75, 3.05) is 12.4 Å². The Kier molecular flexibility index (Phi) is 5.91. The van der Waals surface area contributed by atoms with Crippen molar-refractivity contribution in [2.45, 2.75) is 6.10 Å². The van der Waals surface area contributed by atoms with Crippen molar-refractivity contribution >= 4 is 17.6 Å². The Bertz CT molecular complexity index is 971. The zero-order chi connectivity index (χ0) is 19.9. The summed E-state index contributed by atoms with van der Waals surface area (Å²) in [6.07, 6.45) is -1.16. The Morgan fingerprint density at radius 3 is 2.39 bits per heavy atom. The lowest BCUT2D eigenvalue weighted by atomic mass is 10.1. The summed E-state index contributed by atoms with van der Waals surface area (Å²) in [5.74, 6) is -0.698. The Balaban J connectivity index is 1.84. The number of esters is 1. The third-order valence-corrected chi connectivity index (χ3v) is 3.98. The van der Waals surface area contributed by atoms with Gasteiger partial charge in [0, 0.05) is 17.3 Å². The molecule has 0 unspecified atom stereocenters. The van der Waals surface area contributed by atoms with E-state index in [4.69, 9.17) is 9.47 Å². The van der Waals surface area contributed by atoms with Crippen LogP contribution in [0.1, 0.15) is 22.0 Å². The van der Waals surface area contributed by atoms with Gasteiger partial charge < -0.3 is 19.9 Å². The Labute approximate surface area is 162 Å². The summed E-state index contributed by atoms with van der Waals surface area (Å²) in [6, 6.07) is 21.3. The standard InChI is InChI=1S/C22H19NO5/c1-27-19-12-6-10-17(14-19)23-21(25)20(15-7-3-2-4-8-15)28-22(26)16-9-5-11-18(24)13-16/h2-14,20,24H,1H3,(H,23,25)/t20-/m1/s1. The molecule has 0 aromatic heterocycles. The Morgan fingerprint density at radius 1 is 0.929 bits per heavy atom. The molecule has 0 radical (unpaired) electrons. The van der Waals surface area contributed by atoms with Crippen LogP contribution in [0, 0.1) is 0 Å². The van der Waals surface area contributed by atoms with Crippen LogP contribution in [-0.2, 0) is 9.53 Å². The quantitative estimate of drug-likeness (QED) is 0.636. The number of rotatable bonds is 6. The predicted molar refractivity (Wildman–Crippen MR) is 104 cm³/mol. The number of methoxy groups -OCH3 is 1. The van der Waals surface area contributed by atoms with E-state index in [0.717, 1.165) is 0 Å². The van der Waals surface area contributed by atoms with Gasteiger partial charge in [0.15, 0.2) is 0 Å². The maximum atomic E-state index is 12.9.